The van der Waals surface area contributed by atoms with Gasteiger partial charge in [-0.05, 0) is 51.0 Å². The van der Waals surface area contributed by atoms with Crippen LogP contribution in [0.5, 0.6) is 0 Å². The quantitative estimate of drug-likeness (QED) is 0.297. The molecule has 0 atom stereocenters. The van der Waals surface area contributed by atoms with Crippen LogP contribution in [0.25, 0.3) is 10.9 Å². The molecule has 0 amide bonds. The maximum Gasteiger partial charge on any atom is 0.159 e. The number of anilines is 1. The first kappa shape index (κ1) is 16.2. The van der Waals surface area contributed by atoms with E-state index in [1.165, 1.54) is 6.33 Å². The van der Waals surface area contributed by atoms with Gasteiger partial charge < -0.3 is 10.5 Å². The Labute approximate surface area is 135 Å². The summed E-state index contributed by atoms with van der Waals surface area (Å²) in [5.74, 6) is 6.19. The molecule has 2 N–H and O–H groups in total. The molecule has 1 aromatic heterocycles. The topological polar surface area (TPSA) is 70.4 Å². The molecule has 0 saturated carbocycles. The standard InChI is InChI=1S/C18H18N4O/c1-4-7-14(6-3)21-18-15-11-13(16(22-23)8-5-2)9-10-17(15)19-12-20-18/h4,6-7,9-12,23H,1-3H3,(H,19,20,21)/b7-4-,14-6+,22-16+. The lowest BCUT2D eigenvalue weighted by Crippen LogP contribution is -2.02. The summed E-state index contributed by atoms with van der Waals surface area (Å²) >= 11 is 0. The Morgan fingerprint density at radius 2 is 2.13 bits per heavy atom. The molecule has 5 nitrogen and oxygen atoms in total. The van der Waals surface area contributed by atoms with Gasteiger partial charge in [-0.1, -0.05) is 23.2 Å². The number of oxime groups is 1. The molecule has 0 fully saturated rings. The maximum absolute atomic E-state index is 9.13. The van der Waals surface area contributed by atoms with Crippen molar-refractivity contribution in [2.24, 2.45) is 5.16 Å². The van der Waals surface area contributed by atoms with E-state index < -0.39 is 0 Å². The molecule has 2 aromatic rings. The van der Waals surface area contributed by atoms with E-state index in [4.69, 9.17) is 5.21 Å². The minimum Gasteiger partial charge on any atom is -0.410 e. The van der Waals surface area contributed by atoms with Crippen LogP contribution in [-0.4, -0.2) is 20.9 Å². The third kappa shape index (κ3) is 3.74. The van der Waals surface area contributed by atoms with E-state index in [1.807, 2.05) is 50.3 Å². The van der Waals surface area contributed by atoms with Crippen molar-refractivity contribution >= 4 is 22.4 Å². The van der Waals surface area contributed by atoms with Crippen molar-refractivity contribution in [2.45, 2.75) is 20.8 Å². The fourth-order valence-electron chi connectivity index (χ4n) is 2.10. The van der Waals surface area contributed by atoms with E-state index in [9.17, 15) is 0 Å². The van der Waals surface area contributed by atoms with Crippen LogP contribution in [0.15, 0.2) is 53.6 Å². The number of nitrogens with one attached hydrogen (secondary N) is 1. The summed E-state index contributed by atoms with van der Waals surface area (Å²) in [4.78, 5) is 8.58. The van der Waals surface area contributed by atoms with Gasteiger partial charge >= 0.3 is 0 Å². The van der Waals surface area contributed by atoms with Crippen molar-refractivity contribution in [2.75, 3.05) is 5.32 Å². The van der Waals surface area contributed by atoms with E-state index in [0.717, 1.165) is 16.6 Å². The van der Waals surface area contributed by atoms with Gasteiger partial charge in [0.25, 0.3) is 0 Å². The van der Waals surface area contributed by atoms with Crippen molar-refractivity contribution in [1.29, 1.82) is 0 Å². The highest BCUT2D eigenvalue weighted by molar-refractivity contribution is 6.14. The van der Waals surface area contributed by atoms with Crippen LogP contribution >= 0.6 is 0 Å². The second-order valence-corrected chi connectivity index (χ2v) is 4.65. The predicted molar refractivity (Wildman–Crippen MR) is 93.5 cm³/mol. The van der Waals surface area contributed by atoms with Gasteiger partial charge in [0.05, 0.1) is 5.52 Å². The summed E-state index contributed by atoms with van der Waals surface area (Å²) in [5, 5.41) is 16.5. The zero-order valence-electron chi connectivity index (χ0n) is 13.3. The average molecular weight is 306 g/mol. The Hall–Kier alpha value is -3.13. The summed E-state index contributed by atoms with van der Waals surface area (Å²) in [6.07, 6.45) is 7.38. The summed E-state index contributed by atoms with van der Waals surface area (Å²) in [6, 6.07) is 5.53. The Balaban J connectivity index is 2.55. The predicted octanol–water partition coefficient (Wildman–Crippen LogP) is 3.72. The Morgan fingerprint density at radius 1 is 1.30 bits per heavy atom. The van der Waals surface area contributed by atoms with Gasteiger partial charge in [0.15, 0.2) is 5.71 Å². The largest absolute Gasteiger partial charge is 0.410 e. The summed E-state index contributed by atoms with van der Waals surface area (Å²) in [5.41, 5.74) is 2.75. The van der Waals surface area contributed by atoms with Crippen LogP contribution in [0, 0.1) is 11.8 Å². The first-order valence-corrected chi connectivity index (χ1v) is 7.19. The molecular formula is C18H18N4O. The number of hydrogen-bond acceptors (Lipinski definition) is 5. The Kier molecular flexibility index (Phi) is 5.48. The highest BCUT2D eigenvalue weighted by Crippen LogP contribution is 2.22. The highest BCUT2D eigenvalue weighted by Gasteiger charge is 2.08. The van der Waals surface area contributed by atoms with Crippen LogP contribution in [-0.2, 0) is 0 Å². The van der Waals surface area contributed by atoms with Crippen molar-refractivity contribution in [3.63, 3.8) is 0 Å². The van der Waals surface area contributed by atoms with Crippen LogP contribution in [0.2, 0.25) is 0 Å². The normalized spacial score (nSPS) is 12.3. The van der Waals surface area contributed by atoms with Gasteiger partial charge in [0.2, 0.25) is 0 Å². The number of rotatable bonds is 4. The number of allylic oxidation sites excluding steroid dienone is 3. The smallest absolute Gasteiger partial charge is 0.159 e. The van der Waals surface area contributed by atoms with Gasteiger partial charge in [-0.25, -0.2) is 9.97 Å². The van der Waals surface area contributed by atoms with Crippen molar-refractivity contribution in [1.82, 2.24) is 9.97 Å². The fourth-order valence-corrected chi connectivity index (χ4v) is 2.10. The highest BCUT2D eigenvalue weighted by atomic mass is 16.4. The Bertz CT molecular complexity index is 854. The molecular weight excluding hydrogens is 288 g/mol. The molecule has 0 radical (unpaired) electrons. The van der Waals surface area contributed by atoms with Crippen molar-refractivity contribution in [3.8, 4) is 11.8 Å². The fraction of sp³-hybridized carbons (Fsp3) is 0.167. The maximum atomic E-state index is 9.13. The lowest BCUT2D eigenvalue weighted by Gasteiger charge is -2.09. The van der Waals surface area contributed by atoms with Crippen LogP contribution in [0.3, 0.4) is 0 Å². The van der Waals surface area contributed by atoms with Gasteiger partial charge in [-0.3, -0.25) is 0 Å². The molecule has 116 valence electrons. The molecule has 0 aliphatic rings. The Morgan fingerprint density at radius 3 is 2.78 bits per heavy atom. The van der Waals surface area contributed by atoms with Crippen molar-refractivity contribution in [3.05, 3.63) is 54.0 Å². The SMILES string of the molecule is CC#C/C(=N\O)c1ccc2ncnc(NC(/C=C\C)=C/C)c2c1. The molecule has 23 heavy (non-hydrogen) atoms. The second kappa shape index (κ2) is 7.76. The van der Waals surface area contributed by atoms with Gasteiger partial charge in [-0.15, -0.1) is 0 Å². The van der Waals surface area contributed by atoms with E-state index in [0.29, 0.717) is 17.1 Å². The number of hydrogen-bond donors (Lipinski definition) is 2. The number of aromatic nitrogens is 2. The third-order valence-electron chi connectivity index (χ3n) is 3.17. The summed E-state index contributed by atoms with van der Waals surface area (Å²) < 4.78 is 0. The van der Waals surface area contributed by atoms with Crippen molar-refractivity contribution < 1.29 is 5.21 Å². The number of benzene rings is 1. The first-order valence-electron chi connectivity index (χ1n) is 7.19. The zero-order chi connectivity index (χ0) is 16.7. The van der Waals surface area contributed by atoms with E-state index in [-0.39, 0.29) is 0 Å². The molecule has 0 spiro atoms. The molecule has 2 rings (SSSR count). The zero-order valence-corrected chi connectivity index (χ0v) is 13.3. The minimum absolute atomic E-state index is 0.309. The molecule has 0 saturated heterocycles. The van der Waals surface area contributed by atoms with Crippen LogP contribution in [0.4, 0.5) is 5.82 Å². The van der Waals surface area contributed by atoms with Gasteiger partial charge in [-0.2, -0.15) is 0 Å². The monoisotopic (exact) mass is 306 g/mol. The lowest BCUT2D eigenvalue weighted by atomic mass is 10.1. The molecule has 0 unspecified atom stereocenters. The minimum atomic E-state index is 0.309. The average Bonchev–Trinajstić information content (AvgIpc) is 2.59. The molecule has 1 aromatic carbocycles. The first-order chi connectivity index (χ1) is 11.2. The second-order valence-electron chi connectivity index (χ2n) is 4.65. The van der Waals surface area contributed by atoms with E-state index in [1.54, 1.807) is 6.92 Å². The van der Waals surface area contributed by atoms with Crippen LogP contribution in [0.1, 0.15) is 26.3 Å². The number of fused-ring (bicyclic) bond motifs is 1. The molecule has 5 heteroatoms. The lowest BCUT2D eigenvalue weighted by molar-refractivity contribution is 0.320. The molecule has 0 aliphatic carbocycles. The summed E-state index contributed by atoms with van der Waals surface area (Å²) in [6.45, 7) is 5.59. The summed E-state index contributed by atoms with van der Waals surface area (Å²) in [7, 11) is 0. The van der Waals surface area contributed by atoms with E-state index >= 15 is 0 Å². The van der Waals surface area contributed by atoms with E-state index in [2.05, 4.69) is 32.3 Å². The van der Waals surface area contributed by atoms with Crippen LogP contribution < -0.4 is 5.32 Å². The third-order valence-corrected chi connectivity index (χ3v) is 3.17. The number of nitrogens with zero attached hydrogens (tertiary/aromatic N) is 3. The van der Waals surface area contributed by atoms with Gasteiger partial charge in [0.1, 0.15) is 12.1 Å². The van der Waals surface area contributed by atoms with Gasteiger partial charge in [0, 0.05) is 16.6 Å². The molecule has 1 heterocycles. The molecule has 0 bridgehead atoms. The molecule has 0 aliphatic heterocycles.